The first-order chi connectivity index (χ1) is 10.9. The molecule has 24 heavy (non-hydrogen) atoms. The Hall–Kier alpha value is -2.32. The minimum atomic E-state index is -4.51. The molecule has 0 heterocycles. The molecule has 1 aromatic rings. The van der Waals surface area contributed by atoms with E-state index in [1.807, 2.05) is 0 Å². The van der Waals surface area contributed by atoms with Gasteiger partial charge in [-0.1, -0.05) is 0 Å². The fraction of sp³-hybridized carbons (Fsp3) is 0.533. The Morgan fingerprint density at radius 1 is 1.08 bits per heavy atom. The van der Waals surface area contributed by atoms with Crippen molar-refractivity contribution < 1.29 is 36.9 Å². The van der Waals surface area contributed by atoms with Gasteiger partial charge in [0.05, 0.1) is 19.9 Å². The Labute approximate surface area is 137 Å². The highest BCUT2D eigenvalue weighted by Gasteiger charge is 2.30. The molecule has 1 amide bonds. The molecule has 0 radical (unpaired) electrons. The molecule has 0 aromatic heterocycles. The van der Waals surface area contributed by atoms with E-state index in [1.54, 1.807) is 20.8 Å². The first kappa shape index (κ1) is 19.7. The van der Waals surface area contributed by atoms with Crippen LogP contribution in [0.4, 0.5) is 23.7 Å². The van der Waals surface area contributed by atoms with Crippen LogP contribution in [0.2, 0.25) is 0 Å². The predicted octanol–water partition coefficient (Wildman–Crippen LogP) is 3.99. The zero-order chi connectivity index (χ0) is 18.5. The van der Waals surface area contributed by atoms with E-state index >= 15 is 0 Å². The lowest BCUT2D eigenvalue weighted by molar-refractivity contribution is -0.153. The molecule has 6 nitrogen and oxygen atoms in total. The molecule has 0 unspecified atom stereocenters. The van der Waals surface area contributed by atoms with E-state index in [1.165, 1.54) is 26.4 Å². The third kappa shape index (κ3) is 6.43. The fourth-order valence-corrected chi connectivity index (χ4v) is 1.67. The first-order valence-electron chi connectivity index (χ1n) is 6.91. The zero-order valence-corrected chi connectivity index (χ0v) is 14.0. The van der Waals surface area contributed by atoms with Gasteiger partial charge < -0.3 is 18.9 Å². The average molecular weight is 351 g/mol. The summed E-state index contributed by atoms with van der Waals surface area (Å²) in [5, 5.41) is 2.45. The van der Waals surface area contributed by atoms with Crippen molar-refractivity contribution in [1.29, 1.82) is 0 Å². The molecule has 1 rings (SSSR count). The summed E-state index contributed by atoms with van der Waals surface area (Å²) in [6, 6.07) is 2.61. The number of rotatable bonds is 5. The van der Waals surface area contributed by atoms with Crippen LogP contribution in [0.15, 0.2) is 12.1 Å². The Morgan fingerprint density at radius 3 is 1.96 bits per heavy atom. The molecule has 0 bridgehead atoms. The summed E-state index contributed by atoms with van der Waals surface area (Å²) in [7, 11) is 2.51. The minimum absolute atomic E-state index is 0.0235. The molecule has 0 aliphatic carbocycles. The maximum absolute atomic E-state index is 12.3. The Kier molecular flexibility index (Phi) is 6.16. The van der Waals surface area contributed by atoms with E-state index in [0.717, 1.165) is 0 Å². The van der Waals surface area contributed by atoms with Crippen LogP contribution in [0, 0.1) is 0 Å². The van der Waals surface area contributed by atoms with Crippen molar-refractivity contribution in [3.05, 3.63) is 12.1 Å². The monoisotopic (exact) mass is 351 g/mol. The lowest BCUT2D eigenvalue weighted by atomic mass is 10.2. The highest BCUT2D eigenvalue weighted by atomic mass is 19.4. The van der Waals surface area contributed by atoms with E-state index in [0.29, 0.717) is 0 Å². The molecule has 0 aliphatic rings. The highest BCUT2D eigenvalue weighted by molar-refractivity contribution is 5.86. The summed E-state index contributed by atoms with van der Waals surface area (Å²) in [6.45, 7) is 3.59. The molecule has 0 spiro atoms. The summed E-state index contributed by atoms with van der Waals surface area (Å²) in [6.07, 6.45) is -5.24. The molecule has 136 valence electrons. The Balaban J connectivity index is 3.04. The van der Waals surface area contributed by atoms with Gasteiger partial charge in [0.1, 0.15) is 5.60 Å². The number of nitrogens with one attached hydrogen (secondary N) is 1. The van der Waals surface area contributed by atoms with Crippen LogP contribution in [0.5, 0.6) is 17.2 Å². The van der Waals surface area contributed by atoms with Crippen LogP contribution in [-0.2, 0) is 4.74 Å². The van der Waals surface area contributed by atoms with Crippen molar-refractivity contribution in [1.82, 2.24) is 0 Å². The van der Waals surface area contributed by atoms with Crippen molar-refractivity contribution >= 4 is 11.8 Å². The smallest absolute Gasteiger partial charge is 0.422 e. The lowest BCUT2D eigenvalue weighted by Gasteiger charge is -2.21. The third-order valence-electron chi connectivity index (χ3n) is 2.49. The van der Waals surface area contributed by atoms with Gasteiger partial charge in [-0.3, -0.25) is 5.32 Å². The molecule has 0 saturated carbocycles. The van der Waals surface area contributed by atoms with Gasteiger partial charge in [-0.25, -0.2) is 4.79 Å². The van der Waals surface area contributed by atoms with Gasteiger partial charge in [-0.05, 0) is 20.8 Å². The van der Waals surface area contributed by atoms with Crippen LogP contribution < -0.4 is 19.5 Å². The van der Waals surface area contributed by atoms with Crippen LogP contribution in [-0.4, -0.2) is 38.7 Å². The summed E-state index contributed by atoms with van der Waals surface area (Å²) < 4.78 is 56.9. The van der Waals surface area contributed by atoms with Crippen molar-refractivity contribution in [2.75, 3.05) is 26.1 Å². The van der Waals surface area contributed by atoms with E-state index in [2.05, 4.69) is 5.32 Å². The van der Waals surface area contributed by atoms with E-state index in [4.69, 9.17) is 18.9 Å². The molecule has 1 aromatic carbocycles. The highest BCUT2D eigenvalue weighted by Crippen LogP contribution is 2.41. The first-order valence-corrected chi connectivity index (χ1v) is 6.91. The number of amides is 1. The molecule has 1 N–H and O–H groups in total. The van der Waals surface area contributed by atoms with Gasteiger partial charge in [-0.15, -0.1) is 0 Å². The molecule has 0 fully saturated rings. The van der Waals surface area contributed by atoms with E-state index in [9.17, 15) is 18.0 Å². The summed E-state index contributed by atoms with van der Waals surface area (Å²) in [5.41, 5.74) is -0.481. The second-order valence-electron chi connectivity index (χ2n) is 5.74. The standard InChI is InChI=1S/C15H20F3NO5/c1-14(2,3)24-13(20)19-9-6-10(21-4)12(11(7-9)22-5)23-8-15(16,17)18/h6-7H,8H2,1-5H3,(H,19,20). The average Bonchev–Trinajstić information content (AvgIpc) is 2.41. The van der Waals surface area contributed by atoms with Crippen molar-refractivity contribution in [2.24, 2.45) is 0 Å². The molecule has 0 saturated heterocycles. The van der Waals surface area contributed by atoms with E-state index < -0.39 is 24.5 Å². The number of carbonyl (C=O) groups excluding carboxylic acids is 1. The van der Waals surface area contributed by atoms with Crippen molar-refractivity contribution in [3.63, 3.8) is 0 Å². The maximum Gasteiger partial charge on any atom is 0.422 e. The number of methoxy groups -OCH3 is 2. The SMILES string of the molecule is COc1cc(NC(=O)OC(C)(C)C)cc(OC)c1OCC(F)(F)F. The van der Waals surface area contributed by atoms with Crippen molar-refractivity contribution in [2.45, 2.75) is 32.5 Å². The van der Waals surface area contributed by atoms with Gasteiger partial charge in [-0.2, -0.15) is 13.2 Å². The largest absolute Gasteiger partial charge is 0.493 e. The van der Waals surface area contributed by atoms with Crippen LogP contribution >= 0.6 is 0 Å². The number of ether oxygens (including phenoxy) is 4. The van der Waals surface area contributed by atoms with Crippen LogP contribution in [0.25, 0.3) is 0 Å². The fourth-order valence-electron chi connectivity index (χ4n) is 1.67. The van der Waals surface area contributed by atoms with Crippen LogP contribution in [0.3, 0.4) is 0 Å². The predicted molar refractivity (Wildman–Crippen MR) is 81.0 cm³/mol. The molecular weight excluding hydrogens is 331 g/mol. The van der Waals surface area contributed by atoms with Crippen LogP contribution in [0.1, 0.15) is 20.8 Å². The summed E-state index contributed by atoms with van der Waals surface area (Å²) in [4.78, 5) is 11.8. The van der Waals surface area contributed by atoms with Gasteiger partial charge in [0.2, 0.25) is 5.75 Å². The number of halogens is 3. The summed E-state index contributed by atoms with van der Waals surface area (Å²) in [5.74, 6) is -0.263. The number of hydrogen-bond donors (Lipinski definition) is 1. The van der Waals surface area contributed by atoms with Crippen molar-refractivity contribution in [3.8, 4) is 17.2 Å². The molecule has 9 heteroatoms. The minimum Gasteiger partial charge on any atom is -0.493 e. The zero-order valence-electron chi connectivity index (χ0n) is 14.0. The normalized spacial score (nSPS) is 11.7. The summed E-state index contributed by atoms with van der Waals surface area (Å²) >= 11 is 0. The maximum atomic E-state index is 12.3. The van der Waals surface area contributed by atoms with Gasteiger partial charge >= 0.3 is 12.3 Å². The van der Waals surface area contributed by atoms with E-state index in [-0.39, 0.29) is 22.9 Å². The lowest BCUT2D eigenvalue weighted by Crippen LogP contribution is -2.27. The molecule has 0 aliphatic heterocycles. The number of carbonyl (C=O) groups is 1. The topological polar surface area (TPSA) is 66.0 Å². The molecule has 0 atom stereocenters. The third-order valence-corrected chi connectivity index (χ3v) is 2.49. The van der Waals surface area contributed by atoms with Gasteiger partial charge in [0, 0.05) is 12.1 Å². The Bertz CT molecular complexity index is 556. The number of alkyl halides is 3. The van der Waals surface area contributed by atoms with Gasteiger partial charge in [0.15, 0.2) is 18.1 Å². The number of anilines is 1. The second-order valence-corrected chi connectivity index (χ2v) is 5.74. The quantitative estimate of drug-likeness (QED) is 0.869. The Morgan fingerprint density at radius 2 is 1.58 bits per heavy atom. The number of benzene rings is 1. The number of hydrogen-bond acceptors (Lipinski definition) is 5. The molecular formula is C15H20F3NO5. The second kappa shape index (κ2) is 7.50. The van der Waals surface area contributed by atoms with Gasteiger partial charge in [0.25, 0.3) is 0 Å².